The van der Waals surface area contributed by atoms with Gasteiger partial charge in [0, 0.05) is 19.6 Å². The summed E-state index contributed by atoms with van der Waals surface area (Å²) >= 11 is 0. The molecule has 0 aromatic rings. The maximum atomic E-state index is 11.9. The second kappa shape index (κ2) is 3.73. The van der Waals surface area contributed by atoms with Gasteiger partial charge in [-0.25, -0.2) is 0 Å². The van der Waals surface area contributed by atoms with Gasteiger partial charge in [0.2, 0.25) is 5.91 Å². The minimum Gasteiger partial charge on any atom is -0.345 e. The van der Waals surface area contributed by atoms with Crippen molar-refractivity contribution in [1.29, 1.82) is 0 Å². The van der Waals surface area contributed by atoms with Crippen LogP contribution in [0, 0.1) is 11.8 Å². The van der Waals surface area contributed by atoms with Crippen molar-refractivity contribution in [2.75, 3.05) is 13.6 Å². The van der Waals surface area contributed by atoms with Crippen LogP contribution in [0.4, 0.5) is 0 Å². The van der Waals surface area contributed by atoms with Gasteiger partial charge in [0.25, 0.3) is 0 Å². The van der Waals surface area contributed by atoms with E-state index >= 15 is 0 Å². The molecule has 0 spiro atoms. The van der Waals surface area contributed by atoms with Crippen LogP contribution in [0.1, 0.15) is 19.3 Å². The number of hydrogen-bond acceptors (Lipinski definition) is 2. The Bertz CT molecular complexity index is 258. The van der Waals surface area contributed by atoms with Crippen LogP contribution < -0.4 is 5.73 Å². The fourth-order valence-corrected chi connectivity index (χ4v) is 1.97. The van der Waals surface area contributed by atoms with Crippen molar-refractivity contribution in [2.24, 2.45) is 17.6 Å². The molecular weight excluding hydrogens is 176 g/mol. The van der Waals surface area contributed by atoms with Crippen LogP contribution >= 0.6 is 0 Å². The highest BCUT2D eigenvalue weighted by molar-refractivity contribution is 5.81. The first-order valence-electron chi connectivity index (χ1n) is 5.35. The van der Waals surface area contributed by atoms with Crippen LogP contribution in [0.5, 0.6) is 0 Å². The maximum Gasteiger partial charge on any atom is 0.229 e. The average molecular weight is 194 g/mol. The fraction of sp³-hybridized carbons (Fsp3) is 0.727. The van der Waals surface area contributed by atoms with Crippen LogP contribution in [0.3, 0.4) is 0 Å². The van der Waals surface area contributed by atoms with Gasteiger partial charge < -0.3 is 10.6 Å². The Morgan fingerprint density at radius 1 is 1.50 bits per heavy atom. The van der Waals surface area contributed by atoms with E-state index in [0.717, 1.165) is 18.9 Å². The van der Waals surface area contributed by atoms with Gasteiger partial charge in [-0.2, -0.15) is 0 Å². The summed E-state index contributed by atoms with van der Waals surface area (Å²) in [5.41, 5.74) is 5.72. The number of amides is 1. The summed E-state index contributed by atoms with van der Waals surface area (Å²) in [7, 11) is 1.90. The molecule has 2 aliphatic rings. The second-order valence-corrected chi connectivity index (χ2v) is 4.55. The lowest BCUT2D eigenvalue weighted by Gasteiger charge is -2.20. The SMILES string of the molecule is CN(CC1CC1)C(=O)C1C=CC(N)C1. The molecule has 1 amide bonds. The summed E-state index contributed by atoms with van der Waals surface area (Å²) in [5.74, 6) is 1.04. The second-order valence-electron chi connectivity index (χ2n) is 4.55. The third kappa shape index (κ3) is 2.15. The molecule has 0 radical (unpaired) electrons. The van der Waals surface area contributed by atoms with E-state index in [1.54, 1.807) is 0 Å². The fourth-order valence-electron chi connectivity index (χ4n) is 1.97. The largest absolute Gasteiger partial charge is 0.345 e. The van der Waals surface area contributed by atoms with E-state index in [9.17, 15) is 4.79 Å². The number of rotatable bonds is 3. The highest BCUT2D eigenvalue weighted by Crippen LogP contribution is 2.30. The summed E-state index contributed by atoms with van der Waals surface area (Å²) in [4.78, 5) is 13.7. The molecule has 3 nitrogen and oxygen atoms in total. The Hall–Kier alpha value is -0.830. The zero-order valence-electron chi connectivity index (χ0n) is 8.65. The van der Waals surface area contributed by atoms with Gasteiger partial charge in [0.05, 0.1) is 5.92 Å². The van der Waals surface area contributed by atoms with E-state index in [1.807, 2.05) is 24.1 Å². The first-order valence-corrected chi connectivity index (χ1v) is 5.35. The van der Waals surface area contributed by atoms with Gasteiger partial charge >= 0.3 is 0 Å². The van der Waals surface area contributed by atoms with Crippen molar-refractivity contribution in [3.05, 3.63) is 12.2 Å². The third-order valence-electron chi connectivity index (χ3n) is 3.04. The Morgan fingerprint density at radius 3 is 2.71 bits per heavy atom. The number of nitrogens with two attached hydrogens (primary N) is 1. The molecule has 0 aromatic carbocycles. The molecule has 2 atom stereocenters. The van der Waals surface area contributed by atoms with Crippen molar-refractivity contribution in [3.8, 4) is 0 Å². The van der Waals surface area contributed by atoms with E-state index in [1.165, 1.54) is 12.8 Å². The predicted molar refractivity (Wildman–Crippen MR) is 55.6 cm³/mol. The van der Waals surface area contributed by atoms with E-state index in [0.29, 0.717) is 0 Å². The highest BCUT2D eigenvalue weighted by atomic mass is 16.2. The number of carbonyl (C=O) groups excluding carboxylic acids is 1. The van der Waals surface area contributed by atoms with E-state index in [-0.39, 0.29) is 17.9 Å². The molecule has 0 bridgehead atoms. The maximum absolute atomic E-state index is 11.9. The summed E-state index contributed by atoms with van der Waals surface area (Å²) in [5, 5.41) is 0. The zero-order valence-corrected chi connectivity index (χ0v) is 8.65. The van der Waals surface area contributed by atoms with E-state index in [4.69, 9.17) is 5.73 Å². The van der Waals surface area contributed by atoms with Gasteiger partial charge in [-0.3, -0.25) is 4.79 Å². The number of hydrogen-bond donors (Lipinski definition) is 1. The predicted octanol–water partition coefficient (Wildman–Crippen LogP) is 0.758. The summed E-state index contributed by atoms with van der Waals surface area (Å²) < 4.78 is 0. The molecule has 3 heteroatoms. The standard InChI is InChI=1S/C11H18N2O/c1-13(7-8-2-3-8)11(14)9-4-5-10(12)6-9/h4-5,8-10H,2-3,6-7,12H2,1H3. The molecule has 1 fully saturated rings. The van der Waals surface area contributed by atoms with Gasteiger partial charge in [0.15, 0.2) is 0 Å². The van der Waals surface area contributed by atoms with Crippen molar-refractivity contribution in [2.45, 2.75) is 25.3 Å². The van der Waals surface area contributed by atoms with E-state index < -0.39 is 0 Å². The van der Waals surface area contributed by atoms with Gasteiger partial charge in [-0.05, 0) is 25.2 Å². The Balaban J connectivity index is 1.84. The quantitative estimate of drug-likeness (QED) is 0.674. The van der Waals surface area contributed by atoms with Crippen molar-refractivity contribution < 1.29 is 4.79 Å². The lowest BCUT2D eigenvalue weighted by Crippen LogP contribution is -2.34. The monoisotopic (exact) mass is 194 g/mol. The first kappa shape index (κ1) is 9.71. The van der Waals surface area contributed by atoms with E-state index in [2.05, 4.69) is 0 Å². The van der Waals surface area contributed by atoms with Crippen molar-refractivity contribution in [1.82, 2.24) is 4.90 Å². The summed E-state index contributed by atoms with van der Waals surface area (Å²) in [6, 6.07) is 0.0817. The molecule has 1 saturated carbocycles. The number of carbonyl (C=O) groups is 1. The first-order chi connectivity index (χ1) is 6.66. The molecule has 0 aliphatic heterocycles. The van der Waals surface area contributed by atoms with Crippen LogP contribution in [-0.4, -0.2) is 30.4 Å². The molecule has 2 aliphatic carbocycles. The lowest BCUT2D eigenvalue weighted by molar-refractivity contribution is -0.132. The minimum absolute atomic E-state index is 0.0359. The smallest absolute Gasteiger partial charge is 0.229 e. The molecule has 78 valence electrons. The molecule has 0 aromatic heterocycles. The third-order valence-corrected chi connectivity index (χ3v) is 3.04. The molecule has 2 rings (SSSR count). The zero-order chi connectivity index (χ0) is 10.1. The number of nitrogens with zero attached hydrogens (tertiary/aromatic N) is 1. The van der Waals surface area contributed by atoms with Crippen molar-refractivity contribution >= 4 is 5.91 Å². The van der Waals surface area contributed by atoms with Crippen LogP contribution in [-0.2, 0) is 4.79 Å². The average Bonchev–Trinajstić information content (AvgIpc) is 2.85. The van der Waals surface area contributed by atoms with Crippen LogP contribution in [0.2, 0.25) is 0 Å². The molecule has 0 heterocycles. The molecule has 14 heavy (non-hydrogen) atoms. The minimum atomic E-state index is 0.0359. The Labute approximate surface area is 84.9 Å². The van der Waals surface area contributed by atoms with Crippen LogP contribution in [0.25, 0.3) is 0 Å². The Kier molecular flexibility index (Phi) is 2.59. The van der Waals surface area contributed by atoms with Gasteiger partial charge in [-0.15, -0.1) is 0 Å². The van der Waals surface area contributed by atoms with Gasteiger partial charge in [0.1, 0.15) is 0 Å². The summed E-state index contributed by atoms with van der Waals surface area (Å²) in [6.45, 7) is 0.929. The summed E-state index contributed by atoms with van der Waals surface area (Å²) in [6.07, 6.45) is 7.26. The normalized spacial score (nSPS) is 30.7. The molecular formula is C11H18N2O. The molecule has 2 unspecified atom stereocenters. The van der Waals surface area contributed by atoms with Crippen molar-refractivity contribution in [3.63, 3.8) is 0 Å². The molecule has 2 N–H and O–H groups in total. The highest BCUT2D eigenvalue weighted by Gasteiger charge is 2.29. The van der Waals surface area contributed by atoms with Crippen LogP contribution in [0.15, 0.2) is 12.2 Å². The van der Waals surface area contributed by atoms with Gasteiger partial charge in [-0.1, -0.05) is 12.2 Å². The Morgan fingerprint density at radius 2 is 2.21 bits per heavy atom. The topological polar surface area (TPSA) is 46.3 Å². The molecule has 0 saturated heterocycles. The lowest BCUT2D eigenvalue weighted by atomic mass is 10.1.